The fourth-order valence-corrected chi connectivity index (χ4v) is 2.03. The average molecular weight is 298 g/mol. The maximum Gasteiger partial charge on any atom is 0.194 e. The van der Waals surface area contributed by atoms with Crippen LogP contribution in [0.1, 0.15) is 43.7 Å². The highest BCUT2D eigenvalue weighted by molar-refractivity contribution is 5.23. The number of aromatic nitrogens is 2. The van der Waals surface area contributed by atoms with Crippen molar-refractivity contribution in [2.75, 3.05) is 0 Å². The molecule has 2 atom stereocenters. The van der Waals surface area contributed by atoms with Crippen molar-refractivity contribution in [3.63, 3.8) is 0 Å². The van der Waals surface area contributed by atoms with Crippen LogP contribution in [0.2, 0.25) is 0 Å². The molecule has 1 aromatic carbocycles. The van der Waals surface area contributed by atoms with Crippen molar-refractivity contribution >= 4 is 0 Å². The molecule has 1 N–H and O–H groups in total. The van der Waals surface area contributed by atoms with E-state index in [-0.39, 0.29) is 18.0 Å². The average Bonchev–Trinajstić information content (AvgIpc) is 2.92. The molecule has 0 aliphatic heterocycles. The topological polar surface area (TPSA) is 38.0 Å². The molecule has 0 bridgehead atoms. The highest BCUT2D eigenvalue weighted by atomic mass is 19.2. The summed E-state index contributed by atoms with van der Waals surface area (Å²) in [7, 11) is 0. The summed E-state index contributed by atoms with van der Waals surface area (Å²) >= 11 is 0. The van der Waals surface area contributed by atoms with Crippen LogP contribution in [0.5, 0.6) is 0 Å². The molecule has 2 rings (SSSR count). The largest absolute Gasteiger partial charge is 0.388 e. The minimum Gasteiger partial charge on any atom is -0.388 e. The van der Waals surface area contributed by atoms with Gasteiger partial charge in [-0.25, -0.2) is 13.2 Å². The number of nitrogens with zero attached hydrogens (tertiary/aromatic N) is 2. The van der Waals surface area contributed by atoms with Crippen LogP contribution < -0.4 is 0 Å². The summed E-state index contributed by atoms with van der Waals surface area (Å²) in [5.74, 6) is -4.20. The van der Waals surface area contributed by atoms with E-state index >= 15 is 0 Å². The van der Waals surface area contributed by atoms with Crippen LogP contribution in [0.4, 0.5) is 13.2 Å². The van der Waals surface area contributed by atoms with E-state index in [0.717, 1.165) is 18.6 Å². The molecule has 1 heterocycles. The quantitative estimate of drug-likeness (QED) is 0.857. The molecule has 2 aromatic rings. The molecule has 2 unspecified atom stereocenters. The van der Waals surface area contributed by atoms with Gasteiger partial charge in [-0.05, 0) is 25.5 Å². The lowest BCUT2D eigenvalue weighted by molar-refractivity contribution is 0.170. The van der Waals surface area contributed by atoms with Crippen LogP contribution in [0, 0.1) is 17.5 Å². The minimum absolute atomic E-state index is 0.0332. The van der Waals surface area contributed by atoms with E-state index in [1.165, 1.54) is 0 Å². The maximum absolute atomic E-state index is 13.6. The van der Waals surface area contributed by atoms with E-state index in [0.29, 0.717) is 5.69 Å². The Morgan fingerprint density at radius 1 is 1.19 bits per heavy atom. The Bertz CT molecular complexity index is 627. The third-order valence-corrected chi connectivity index (χ3v) is 3.53. The van der Waals surface area contributed by atoms with Crippen LogP contribution in [-0.4, -0.2) is 14.9 Å². The summed E-state index contributed by atoms with van der Waals surface area (Å²) in [5, 5.41) is 14.3. The Morgan fingerprint density at radius 3 is 2.57 bits per heavy atom. The first-order valence-corrected chi connectivity index (χ1v) is 6.79. The molecule has 0 spiro atoms. The Morgan fingerprint density at radius 2 is 1.90 bits per heavy atom. The van der Waals surface area contributed by atoms with Gasteiger partial charge in [0.2, 0.25) is 0 Å². The lowest BCUT2D eigenvalue weighted by Gasteiger charge is -2.12. The van der Waals surface area contributed by atoms with Gasteiger partial charge in [0.15, 0.2) is 17.5 Å². The van der Waals surface area contributed by atoms with E-state index in [1.54, 1.807) is 16.9 Å². The van der Waals surface area contributed by atoms with Crippen molar-refractivity contribution < 1.29 is 18.3 Å². The predicted octanol–water partition coefficient (Wildman–Crippen LogP) is 3.55. The standard InChI is InChI=1S/C15H17F3N2O/c1-3-9(2)20-7-6-10(19-20)8-13(21)11-4-5-12(16)15(18)14(11)17/h4-7,9,13,21H,3,8H2,1-2H3. The molecule has 1 aromatic heterocycles. The summed E-state index contributed by atoms with van der Waals surface area (Å²) in [4.78, 5) is 0. The normalized spacial score (nSPS) is 14.2. The molecule has 6 heteroatoms. The molecule has 3 nitrogen and oxygen atoms in total. The maximum atomic E-state index is 13.6. The number of hydrogen-bond donors (Lipinski definition) is 1. The number of halogens is 3. The molecule has 0 amide bonds. The Labute approximate surface area is 121 Å². The molecule has 0 aliphatic rings. The zero-order valence-electron chi connectivity index (χ0n) is 11.9. The Kier molecular flexibility index (Phi) is 4.67. The van der Waals surface area contributed by atoms with Gasteiger partial charge in [0.25, 0.3) is 0 Å². The van der Waals surface area contributed by atoms with Crippen molar-refractivity contribution in [1.29, 1.82) is 0 Å². The first-order chi connectivity index (χ1) is 9.93. The highest BCUT2D eigenvalue weighted by Gasteiger charge is 2.20. The van der Waals surface area contributed by atoms with Crippen LogP contribution in [0.15, 0.2) is 24.4 Å². The summed E-state index contributed by atoms with van der Waals surface area (Å²) in [6.07, 6.45) is 1.44. The molecule has 0 aliphatic carbocycles. The van der Waals surface area contributed by atoms with E-state index in [1.807, 2.05) is 13.8 Å². The predicted molar refractivity (Wildman–Crippen MR) is 72.2 cm³/mol. The minimum atomic E-state index is -1.57. The van der Waals surface area contributed by atoms with Gasteiger partial charge in [0, 0.05) is 24.2 Å². The van der Waals surface area contributed by atoms with Gasteiger partial charge in [-0.3, -0.25) is 4.68 Å². The number of aliphatic hydroxyl groups is 1. The summed E-state index contributed by atoms with van der Waals surface area (Å²) in [6.45, 7) is 4.03. The smallest absolute Gasteiger partial charge is 0.194 e. The van der Waals surface area contributed by atoms with Crippen LogP contribution in [-0.2, 0) is 6.42 Å². The van der Waals surface area contributed by atoms with Crippen molar-refractivity contribution in [2.24, 2.45) is 0 Å². The zero-order chi connectivity index (χ0) is 15.6. The monoisotopic (exact) mass is 298 g/mol. The van der Waals surface area contributed by atoms with Gasteiger partial charge in [0.05, 0.1) is 11.8 Å². The molecule has 0 radical (unpaired) electrons. The van der Waals surface area contributed by atoms with E-state index in [9.17, 15) is 18.3 Å². The number of aliphatic hydroxyl groups excluding tert-OH is 1. The SMILES string of the molecule is CCC(C)n1ccc(CC(O)c2ccc(F)c(F)c2F)n1. The van der Waals surface area contributed by atoms with Crippen molar-refractivity contribution in [1.82, 2.24) is 9.78 Å². The molecular weight excluding hydrogens is 281 g/mol. The van der Waals surface area contributed by atoms with Crippen LogP contribution >= 0.6 is 0 Å². The van der Waals surface area contributed by atoms with E-state index < -0.39 is 23.6 Å². The fourth-order valence-electron chi connectivity index (χ4n) is 2.03. The lowest BCUT2D eigenvalue weighted by Crippen LogP contribution is -2.09. The molecule has 114 valence electrons. The number of hydrogen-bond acceptors (Lipinski definition) is 2. The van der Waals surface area contributed by atoms with Gasteiger partial charge in [-0.2, -0.15) is 5.10 Å². The first kappa shape index (κ1) is 15.6. The molecule has 0 fully saturated rings. The fraction of sp³-hybridized carbons (Fsp3) is 0.400. The van der Waals surface area contributed by atoms with E-state index in [2.05, 4.69) is 5.10 Å². The molecule has 0 saturated carbocycles. The molecular formula is C15H17F3N2O. The summed E-state index contributed by atoms with van der Waals surface area (Å²) in [5.41, 5.74) is 0.291. The number of benzene rings is 1. The zero-order valence-corrected chi connectivity index (χ0v) is 11.9. The van der Waals surface area contributed by atoms with Crippen molar-refractivity contribution in [3.8, 4) is 0 Å². The van der Waals surface area contributed by atoms with Gasteiger partial charge in [-0.1, -0.05) is 13.0 Å². The second kappa shape index (κ2) is 6.30. The third-order valence-electron chi connectivity index (χ3n) is 3.53. The van der Waals surface area contributed by atoms with Gasteiger partial charge < -0.3 is 5.11 Å². The van der Waals surface area contributed by atoms with Crippen LogP contribution in [0.3, 0.4) is 0 Å². The third kappa shape index (κ3) is 3.26. The first-order valence-electron chi connectivity index (χ1n) is 6.79. The van der Waals surface area contributed by atoms with Crippen LogP contribution in [0.25, 0.3) is 0 Å². The van der Waals surface area contributed by atoms with Gasteiger partial charge >= 0.3 is 0 Å². The van der Waals surface area contributed by atoms with E-state index in [4.69, 9.17) is 0 Å². The number of rotatable bonds is 5. The summed E-state index contributed by atoms with van der Waals surface area (Å²) < 4.78 is 41.4. The second-order valence-electron chi connectivity index (χ2n) is 5.03. The Hall–Kier alpha value is -1.82. The summed E-state index contributed by atoms with van der Waals surface area (Å²) in [6, 6.07) is 3.78. The molecule has 0 saturated heterocycles. The van der Waals surface area contributed by atoms with Crippen molar-refractivity contribution in [2.45, 2.75) is 38.8 Å². The lowest BCUT2D eigenvalue weighted by atomic mass is 10.0. The van der Waals surface area contributed by atoms with Crippen molar-refractivity contribution in [3.05, 3.63) is 53.1 Å². The Balaban J connectivity index is 2.16. The van der Waals surface area contributed by atoms with Gasteiger partial charge in [-0.15, -0.1) is 0 Å². The second-order valence-corrected chi connectivity index (χ2v) is 5.03. The highest BCUT2D eigenvalue weighted by Crippen LogP contribution is 2.24. The van der Waals surface area contributed by atoms with Gasteiger partial charge in [0.1, 0.15) is 0 Å². The molecule has 21 heavy (non-hydrogen) atoms.